The molecule has 130 valence electrons. The Morgan fingerprint density at radius 2 is 1.54 bits per heavy atom. The Kier molecular flexibility index (Phi) is 4.98. The summed E-state index contributed by atoms with van der Waals surface area (Å²) in [5.74, 6) is -3.41. The van der Waals surface area contributed by atoms with Crippen molar-refractivity contribution in [2.45, 2.75) is 11.1 Å². The fraction of sp³-hybridized carbons (Fsp3) is 0.0769. The molecule has 0 unspecified atom stereocenters. The van der Waals surface area contributed by atoms with Crippen LogP contribution >= 0.6 is 23.2 Å². The normalized spacial score (nSPS) is 12.3. The molecule has 24 heavy (non-hydrogen) atoms. The van der Waals surface area contributed by atoms with Gasteiger partial charge >= 0.3 is 6.18 Å². The van der Waals surface area contributed by atoms with Crippen LogP contribution in [0.25, 0.3) is 0 Å². The highest BCUT2D eigenvalue weighted by atomic mass is 35.5. The summed E-state index contributed by atoms with van der Waals surface area (Å²) in [6.07, 6.45) is -5.12. The second kappa shape index (κ2) is 6.38. The Bertz CT molecular complexity index is 900. The molecule has 1 N–H and O–H groups in total. The molecule has 0 amide bonds. The van der Waals surface area contributed by atoms with Crippen molar-refractivity contribution in [2.24, 2.45) is 0 Å². The van der Waals surface area contributed by atoms with Crippen LogP contribution in [0.3, 0.4) is 0 Å². The monoisotopic (exact) mass is 405 g/mol. The van der Waals surface area contributed by atoms with Gasteiger partial charge in [0.2, 0.25) is 0 Å². The molecule has 2 aromatic carbocycles. The van der Waals surface area contributed by atoms with E-state index in [-0.39, 0.29) is 22.2 Å². The van der Waals surface area contributed by atoms with Gasteiger partial charge in [-0.25, -0.2) is 17.2 Å². The van der Waals surface area contributed by atoms with Gasteiger partial charge in [-0.2, -0.15) is 13.2 Å². The lowest BCUT2D eigenvalue weighted by molar-refractivity contribution is -0.140. The standard InChI is InChI=1S/C13H6Cl2F5NO2S/c14-8-2-1-6(3-9(8)15)24(22,23)21-12-5-10(16)7(4-11(12)17)13(18,19)20/h1-5,21H. The van der Waals surface area contributed by atoms with E-state index < -0.39 is 44.0 Å². The van der Waals surface area contributed by atoms with Gasteiger partial charge in [-0.15, -0.1) is 0 Å². The van der Waals surface area contributed by atoms with Crippen LogP contribution in [-0.4, -0.2) is 8.42 Å². The zero-order valence-electron chi connectivity index (χ0n) is 11.3. The van der Waals surface area contributed by atoms with Crippen molar-refractivity contribution in [1.29, 1.82) is 0 Å². The van der Waals surface area contributed by atoms with Crippen molar-refractivity contribution in [3.63, 3.8) is 0 Å². The predicted octanol–water partition coefficient (Wildman–Crippen LogP) is 5.09. The summed E-state index contributed by atoms with van der Waals surface area (Å²) < 4.78 is 90.4. The van der Waals surface area contributed by atoms with Crippen molar-refractivity contribution in [2.75, 3.05) is 4.72 Å². The molecular weight excluding hydrogens is 400 g/mol. The van der Waals surface area contributed by atoms with Crippen LogP contribution in [0.4, 0.5) is 27.6 Å². The van der Waals surface area contributed by atoms with Crippen molar-refractivity contribution < 1.29 is 30.4 Å². The zero-order valence-corrected chi connectivity index (χ0v) is 13.6. The first-order valence-electron chi connectivity index (χ1n) is 5.96. The molecule has 0 radical (unpaired) electrons. The average Bonchev–Trinajstić information content (AvgIpc) is 2.43. The van der Waals surface area contributed by atoms with Gasteiger partial charge in [-0.1, -0.05) is 23.2 Å². The van der Waals surface area contributed by atoms with Crippen molar-refractivity contribution in [3.8, 4) is 0 Å². The van der Waals surface area contributed by atoms with Gasteiger partial charge in [0.15, 0.2) is 0 Å². The first-order valence-corrected chi connectivity index (χ1v) is 8.20. The number of hydrogen-bond acceptors (Lipinski definition) is 2. The Morgan fingerprint density at radius 3 is 2.08 bits per heavy atom. The average molecular weight is 406 g/mol. The van der Waals surface area contributed by atoms with Gasteiger partial charge in [-0.3, -0.25) is 4.72 Å². The highest BCUT2D eigenvalue weighted by Crippen LogP contribution is 2.34. The molecule has 2 aromatic rings. The number of hydrogen-bond donors (Lipinski definition) is 1. The van der Waals surface area contributed by atoms with E-state index in [0.717, 1.165) is 18.2 Å². The number of nitrogens with one attached hydrogen (secondary N) is 1. The number of benzene rings is 2. The molecule has 0 saturated heterocycles. The summed E-state index contributed by atoms with van der Waals surface area (Å²) in [6.45, 7) is 0. The molecule has 0 aromatic heterocycles. The van der Waals surface area contributed by atoms with E-state index in [1.54, 1.807) is 4.72 Å². The van der Waals surface area contributed by atoms with E-state index in [2.05, 4.69) is 0 Å². The van der Waals surface area contributed by atoms with Crippen LogP contribution in [0.2, 0.25) is 10.0 Å². The van der Waals surface area contributed by atoms with Crippen LogP contribution in [0.1, 0.15) is 5.56 Å². The summed E-state index contributed by atoms with van der Waals surface area (Å²) in [5.41, 5.74) is -2.83. The molecule has 2 rings (SSSR count). The zero-order chi connectivity index (χ0) is 18.3. The van der Waals surface area contributed by atoms with E-state index in [0.29, 0.717) is 0 Å². The third-order valence-electron chi connectivity index (χ3n) is 2.81. The highest BCUT2D eigenvalue weighted by molar-refractivity contribution is 7.92. The minimum atomic E-state index is -5.12. The Balaban J connectivity index is 2.43. The first-order chi connectivity index (χ1) is 10.9. The number of halogens is 7. The van der Waals surface area contributed by atoms with E-state index in [4.69, 9.17) is 23.2 Å². The van der Waals surface area contributed by atoms with Crippen molar-refractivity contribution in [1.82, 2.24) is 0 Å². The van der Waals surface area contributed by atoms with Gasteiger partial charge in [0.05, 0.1) is 26.2 Å². The number of anilines is 1. The molecule has 0 aliphatic carbocycles. The summed E-state index contributed by atoms with van der Waals surface area (Å²) in [4.78, 5) is -0.434. The SMILES string of the molecule is O=S(=O)(Nc1cc(F)c(C(F)(F)F)cc1F)c1ccc(Cl)c(Cl)c1. The minimum absolute atomic E-state index is 0.0578. The highest BCUT2D eigenvalue weighted by Gasteiger charge is 2.35. The van der Waals surface area contributed by atoms with Gasteiger partial charge in [0.25, 0.3) is 10.0 Å². The van der Waals surface area contributed by atoms with Gasteiger partial charge in [0, 0.05) is 6.07 Å². The van der Waals surface area contributed by atoms with E-state index in [9.17, 15) is 30.4 Å². The first kappa shape index (κ1) is 18.8. The number of sulfonamides is 1. The quantitative estimate of drug-likeness (QED) is 0.722. The maximum atomic E-state index is 13.7. The molecule has 11 heteroatoms. The van der Waals surface area contributed by atoms with Crippen LogP contribution in [-0.2, 0) is 16.2 Å². The summed E-state index contributed by atoms with van der Waals surface area (Å²) in [6, 6.07) is 3.11. The molecule has 0 aliphatic heterocycles. The summed E-state index contributed by atoms with van der Waals surface area (Å²) in [5, 5.41) is -0.0546. The molecular formula is C13H6Cl2F5NO2S. The van der Waals surface area contributed by atoms with Gasteiger partial charge in [0.1, 0.15) is 11.6 Å². The third kappa shape index (κ3) is 3.90. The lowest BCUT2D eigenvalue weighted by atomic mass is 10.2. The van der Waals surface area contributed by atoms with Crippen molar-refractivity contribution >= 4 is 38.9 Å². The Hall–Kier alpha value is -1.58. The minimum Gasteiger partial charge on any atom is -0.277 e. The summed E-state index contributed by atoms with van der Waals surface area (Å²) >= 11 is 11.3. The molecule has 0 heterocycles. The van der Waals surface area contributed by atoms with E-state index in [1.165, 1.54) is 0 Å². The Labute approximate surface area is 143 Å². The molecule has 0 aliphatic rings. The van der Waals surface area contributed by atoms with E-state index >= 15 is 0 Å². The maximum absolute atomic E-state index is 13.7. The molecule has 3 nitrogen and oxygen atoms in total. The number of rotatable bonds is 3. The molecule has 0 saturated carbocycles. The van der Waals surface area contributed by atoms with Crippen LogP contribution in [0.5, 0.6) is 0 Å². The number of alkyl halides is 3. The topological polar surface area (TPSA) is 46.2 Å². The fourth-order valence-corrected chi connectivity index (χ4v) is 3.14. The van der Waals surface area contributed by atoms with Gasteiger partial charge in [-0.05, 0) is 24.3 Å². The lowest BCUT2D eigenvalue weighted by Crippen LogP contribution is -2.16. The smallest absolute Gasteiger partial charge is 0.277 e. The van der Waals surface area contributed by atoms with Crippen molar-refractivity contribution in [3.05, 3.63) is 57.6 Å². The fourth-order valence-electron chi connectivity index (χ4n) is 1.69. The maximum Gasteiger partial charge on any atom is 0.419 e. The second-order valence-electron chi connectivity index (χ2n) is 4.49. The van der Waals surface area contributed by atoms with Gasteiger partial charge < -0.3 is 0 Å². The van der Waals surface area contributed by atoms with Crippen LogP contribution in [0, 0.1) is 11.6 Å². The van der Waals surface area contributed by atoms with Crippen LogP contribution < -0.4 is 4.72 Å². The summed E-state index contributed by atoms with van der Waals surface area (Å²) in [7, 11) is -4.42. The molecule has 0 bridgehead atoms. The Morgan fingerprint density at radius 1 is 0.917 bits per heavy atom. The second-order valence-corrected chi connectivity index (χ2v) is 6.99. The lowest BCUT2D eigenvalue weighted by Gasteiger charge is -2.13. The molecule has 0 atom stereocenters. The predicted molar refractivity (Wildman–Crippen MR) is 78.6 cm³/mol. The largest absolute Gasteiger partial charge is 0.419 e. The molecule has 0 spiro atoms. The van der Waals surface area contributed by atoms with E-state index in [1.807, 2.05) is 0 Å². The third-order valence-corrected chi connectivity index (χ3v) is 4.91. The van der Waals surface area contributed by atoms with Crippen LogP contribution in [0.15, 0.2) is 35.2 Å². The molecule has 0 fully saturated rings.